The molecule has 3 aromatic carbocycles. The van der Waals surface area contributed by atoms with E-state index in [9.17, 15) is 4.79 Å². The number of hydrogen-bond acceptors (Lipinski definition) is 2. The summed E-state index contributed by atoms with van der Waals surface area (Å²) in [4.78, 5) is 12.4. The minimum atomic E-state index is -0.322. The molecule has 7 heteroatoms. The van der Waals surface area contributed by atoms with E-state index in [2.05, 4.69) is 15.1 Å². The Bertz CT molecular complexity index is 1310. The van der Waals surface area contributed by atoms with Crippen molar-refractivity contribution in [3.05, 3.63) is 104 Å². The molecule has 4 aromatic rings. The van der Waals surface area contributed by atoms with Gasteiger partial charge in [-0.3, -0.25) is 4.79 Å². The Morgan fingerprint density at radius 2 is 1.81 bits per heavy atom. The number of fused-ring (bicyclic) bond motifs is 1. The van der Waals surface area contributed by atoms with Gasteiger partial charge in [-0.1, -0.05) is 65.1 Å². The highest BCUT2D eigenvalue weighted by atomic mass is 35.5. The molecule has 0 unspecified atom stereocenters. The van der Waals surface area contributed by atoms with Gasteiger partial charge in [0.05, 0.1) is 16.3 Å². The highest BCUT2D eigenvalue weighted by Gasteiger charge is 2.09. The van der Waals surface area contributed by atoms with E-state index >= 15 is 0 Å². The first-order chi connectivity index (χ1) is 14.9. The number of benzene rings is 3. The van der Waals surface area contributed by atoms with Gasteiger partial charge in [0.2, 0.25) is 0 Å². The van der Waals surface area contributed by atoms with E-state index < -0.39 is 0 Å². The number of nitrogens with zero attached hydrogens (tertiary/aromatic N) is 2. The predicted octanol–water partition coefficient (Wildman–Crippen LogP) is 6.72. The first-order valence-electron chi connectivity index (χ1n) is 9.54. The second kappa shape index (κ2) is 9.15. The number of aromatic nitrogens is 1. The Balaban J connectivity index is 1.57. The molecule has 0 aliphatic rings. The number of hydrogen-bond donors (Lipinski definition) is 1. The quantitative estimate of drug-likeness (QED) is 0.255. The van der Waals surface area contributed by atoms with Crippen molar-refractivity contribution in [1.82, 2.24) is 9.99 Å². The van der Waals surface area contributed by atoms with Crippen LogP contribution in [0.2, 0.25) is 15.1 Å². The molecule has 0 radical (unpaired) electrons. The molecule has 0 saturated carbocycles. The molecular formula is C24H18Cl3N3O. The molecule has 0 bridgehead atoms. The van der Waals surface area contributed by atoms with E-state index in [1.165, 1.54) is 0 Å². The fourth-order valence-corrected chi connectivity index (χ4v) is 3.80. The van der Waals surface area contributed by atoms with Crippen molar-refractivity contribution in [2.24, 2.45) is 5.10 Å². The maximum Gasteiger partial charge on any atom is 0.271 e. The Morgan fingerprint density at radius 1 is 1.00 bits per heavy atom. The number of para-hydroxylation sites is 1. The molecule has 0 aliphatic carbocycles. The van der Waals surface area contributed by atoms with Crippen LogP contribution in [0.25, 0.3) is 10.9 Å². The summed E-state index contributed by atoms with van der Waals surface area (Å²) in [6.45, 7) is 2.51. The fourth-order valence-electron chi connectivity index (χ4n) is 3.30. The molecule has 4 rings (SSSR count). The van der Waals surface area contributed by atoms with Gasteiger partial charge in [0, 0.05) is 39.8 Å². The standard InChI is InChI=1S/C24H18Cl3N3O/c1-15-6-8-17(11-21(15)26)24(31)29-28-12-18-14-30(23-5-3-2-4-19(18)23)13-16-7-9-20(25)22(27)10-16/h2-12,14H,13H2,1H3,(H,29,31)/b28-12-. The Hall–Kier alpha value is -2.79. The molecule has 1 aromatic heterocycles. The van der Waals surface area contributed by atoms with E-state index in [0.717, 1.165) is 27.6 Å². The Morgan fingerprint density at radius 3 is 2.58 bits per heavy atom. The lowest BCUT2D eigenvalue weighted by Crippen LogP contribution is -2.17. The zero-order valence-corrected chi connectivity index (χ0v) is 18.8. The van der Waals surface area contributed by atoms with Gasteiger partial charge in [-0.05, 0) is 48.4 Å². The number of amides is 1. The molecule has 0 aliphatic heterocycles. The lowest BCUT2D eigenvalue weighted by Gasteiger charge is -2.06. The molecule has 0 fully saturated rings. The highest BCUT2D eigenvalue weighted by molar-refractivity contribution is 6.42. The van der Waals surface area contributed by atoms with E-state index in [0.29, 0.717) is 27.2 Å². The molecule has 0 spiro atoms. The van der Waals surface area contributed by atoms with Crippen LogP contribution < -0.4 is 5.43 Å². The van der Waals surface area contributed by atoms with Crippen molar-refractivity contribution in [2.75, 3.05) is 0 Å². The molecular weight excluding hydrogens is 453 g/mol. The lowest BCUT2D eigenvalue weighted by molar-refractivity contribution is 0.0955. The van der Waals surface area contributed by atoms with Crippen LogP contribution in [0.4, 0.5) is 0 Å². The van der Waals surface area contributed by atoms with Crippen LogP contribution in [0.5, 0.6) is 0 Å². The Labute approximate surface area is 195 Å². The van der Waals surface area contributed by atoms with Gasteiger partial charge in [0.25, 0.3) is 5.91 Å². The number of nitrogens with one attached hydrogen (secondary N) is 1. The average molecular weight is 471 g/mol. The second-order valence-corrected chi connectivity index (χ2v) is 8.36. The van der Waals surface area contributed by atoms with Gasteiger partial charge in [-0.15, -0.1) is 0 Å². The second-order valence-electron chi connectivity index (χ2n) is 7.14. The predicted molar refractivity (Wildman–Crippen MR) is 129 cm³/mol. The number of hydrazone groups is 1. The number of halogens is 3. The molecule has 0 atom stereocenters. The summed E-state index contributed by atoms with van der Waals surface area (Å²) in [6.07, 6.45) is 3.63. The normalized spacial score (nSPS) is 11.4. The molecule has 31 heavy (non-hydrogen) atoms. The monoisotopic (exact) mass is 469 g/mol. The van der Waals surface area contributed by atoms with Gasteiger partial charge in [-0.2, -0.15) is 5.10 Å². The zero-order valence-electron chi connectivity index (χ0n) is 16.6. The van der Waals surface area contributed by atoms with Crippen LogP contribution >= 0.6 is 34.8 Å². The van der Waals surface area contributed by atoms with E-state index in [1.807, 2.05) is 49.5 Å². The van der Waals surface area contributed by atoms with Gasteiger partial charge in [-0.25, -0.2) is 5.43 Å². The number of carbonyl (C=O) groups is 1. The van der Waals surface area contributed by atoms with Crippen LogP contribution in [-0.4, -0.2) is 16.7 Å². The molecule has 1 heterocycles. The average Bonchev–Trinajstić information content (AvgIpc) is 3.10. The largest absolute Gasteiger partial charge is 0.342 e. The number of rotatable bonds is 5. The molecule has 1 N–H and O–H groups in total. The summed E-state index contributed by atoms with van der Waals surface area (Å²) in [6, 6.07) is 18.8. The van der Waals surface area contributed by atoms with Crippen molar-refractivity contribution in [2.45, 2.75) is 13.5 Å². The first kappa shape index (κ1) is 21.4. The summed E-state index contributed by atoms with van der Waals surface area (Å²) in [5, 5.41) is 6.77. The van der Waals surface area contributed by atoms with Crippen LogP contribution in [0, 0.1) is 6.92 Å². The van der Waals surface area contributed by atoms with Gasteiger partial charge in [0.15, 0.2) is 0 Å². The SMILES string of the molecule is Cc1ccc(C(=O)N/N=C\c2cn(Cc3ccc(Cl)c(Cl)c3)c3ccccc23)cc1Cl. The summed E-state index contributed by atoms with van der Waals surface area (Å²) in [7, 11) is 0. The van der Waals surface area contributed by atoms with Crippen molar-refractivity contribution < 1.29 is 4.79 Å². The molecule has 4 nitrogen and oxygen atoms in total. The van der Waals surface area contributed by atoms with Crippen LogP contribution in [0.1, 0.15) is 27.0 Å². The zero-order chi connectivity index (χ0) is 22.0. The summed E-state index contributed by atoms with van der Waals surface area (Å²) in [5.74, 6) is -0.322. The van der Waals surface area contributed by atoms with Crippen LogP contribution in [0.15, 0.2) is 72.0 Å². The topological polar surface area (TPSA) is 46.4 Å². The van der Waals surface area contributed by atoms with Crippen LogP contribution in [0.3, 0.4) is 0 Å². The van der Waals surface area contributed by atoms with E-state index in [4.69, 9.17) is 34.8 Å². The van der Waals surface area contributed by atoms with Crippen molar-refractivity contribution in [3.8, 4) is 0 Å². The molecule has 156 valence electrons. The fraction of sp³-hybridized carbons (Fsp3) is 0.0833. The summed E-state index contributed by atoms with van der Waals surface area (Å²) < 4.78 is 2.11. The van der Waals surface area contributed by atoms with Gasteiger partial charge < -0.3 is 4.57 Å². The van der Waals surface area contributed by atoms with Crippen molar-refractivity contribution in [3.63, 3.8) is 0 Å². The van der Waals surface area contributed by atoms with Gasteiger partial charge >= 0.3 is 0 Å². The van der Waals surface area contributed by atoms with Crippen LogP contribution in [-0.2, 0) is 6.54 Å². The highest BCUT2D eigenvalue weighted by Crippen LogP contribution is 2.25. The minimum Gasteiger partial charge on any atom is -0.342 e. The minimum absolute atomic E-state index is 0.322. The third-order valence-electron chi connectivity index (χ3n) is 4.96. The maximum absolute atomic E-state index is 12.4. The Kier molecular flexibility index (Phi) is 6.33. The summed E-state index contributed by atoms with van der Waals surface area (Å²) >= 11 is 18.3. The molecule has 1 amide bonds. The smallest absolute Gasteiger partial charge is 0.271 e. The molecule has 0 saturated heterocycles. The maximum atomic E-state index is 12.4. The van der Waals surface area contributed by atoms with Gasteiger partial charge in [0.1, 0.15) is 0 Å². The van der Waals surface area contributed by atoms with Crippen molar-refractivity contribution in [1.29, 1.82) is 0 Å². The third-order valence-corrected chi connectivity index (χ3v) is 6.11. The third kappa shape index (κ3) is 4.77. The van der Waals surface area contributed by atoms with E-state index in [1.54, 1.807) is 30.5 Å². The van der Waals surface area contributed by atoms with Crippen molar-refractivity contribution >= 4 is 57.8 Å². The van der Waals surface area contributed by atoms with E-state index in [-0.39, 0.29) is 5.91 Å². The first-order valence-corrected chi connectivity index (χ1v) is 10.7. The lowest BCUT2D eigenvalue weighted by atomic mass is 10.1. The number of aryl methyl sites for hydroxylation is 1. The number of carbonyl (C=O) groups excluding carboxylic acids is 1. The summed E-state index contributed by atoms with van der Waals surface area (Å²) in [5.41, 5.74) is 6.89.